The predicted molar refractivity (Wildman–Crippen MR) is 84.0 cm³/mol. The van der Waals surface area contributed by atoms with Crippen LogP contribution in [0.3, 0.4) is 0 Å². The number of para-hydroxylation sites is 1. The minimum atomic E-state index is -3.55. The van der Waals surface area contributed by atoms with Crippen molar-refractivity contribution in [2.45, 2.75) is 12.8 Å². The maximum atomic E-state index is 12.0. The Bertz CT molecular complexity index is 708. The Labute approximate surface area is 127 Å². The van der Waals surface area contributed by atoms with Crippen molar-refractivity contribution >= 4 is 33.0 Å². The van der Waals surface area contributed by atoms with Gasteiger partial charge in [0.25, 0.3) is 0 Å². The number of anilines is 1. The quantitative estimate of drug-likeness (QED) is 0.819. The molecule has 0 spiro atoms. The predicted octanol–water partition coefficient (Wildman–Crippen LogP) is 3.02. The molecule has 5 nitrogen and oxygen atoms in total. The van der Waals surface area contributed by atoms with Crippen molar-refractivity contribution in [3.05, 3.63) is 41.8 Å². The van der Waals surface area contributed by atoms with E-state index in [1.165, 1.54) is 11.3 Å². The average Bonchev–Trinajstić information content (AvgIpc) is 2.91. The number of aliphatic carboxylic acids is 1. The van der Waals surface area contributed by atoms with Gasteiger partial charge < -0.3 is 5.11 Å². The molecule has 0 aliphatic rings. The van der Waals surface area contributed by atoms with Gasteiger partial charge in [0, 0.05) is 16.9 Å². The molecule has 0 fully saturated rings. The van der Waals surface area contributed by atoms with Gasteiger partial charge in [-0.25, -0.2) is 8.42 Å². The Hall–Kier alpha value is -1.86. The highest BCUT2D eigenvalue weighted by Crippen LogP contribution is 2.31. The van der Waals surface area contributed by atoms with E-state index in [9.17, 15) is 13.2 Å². The van der Waals surface area contributed by atoms with Crippen molar-refractivity contribution < 1.29 is 18.3 Å². The Morgan fingerprint density at radius 1 is 1.19 bits per heavy atom. The van der Waals surface area contributed by atoms with Gasteiger partial charge in [-0.1, -0.05) is 24.3 Å². The van der Waals surface area contributed by atoms with Gasteiger partial charge in [-0.3, -0.25) is 9.52 Å². The number of carboxylic acids is 1. The molecule has 2 aromatic rings. The third-order valence-corrected chi connectivity index (χ3v) is 5.04. The van der Waals surface area contributed by atoms with Crippen molar-refractivity contribution in [3.8, 4) is 10.4 Å². The van der Waals surface area contributed by atoms with E-state index >= 15 is 0 Å². The molecule has 1 aromatic carbocycles. The van der Waals surface area contributed by atoms with Gasteiger partial charge in [0.15, 0.2) is 0 Å². The molecule has 112 valence electrons. The van der Waals surface area contributed by atoms with Crippen LogP contribution in [0.25, 0.3) is 10.4 Å². The van der Waals surface area contributed by atoms with Gasteiger partial charge in [0.1, 0.15) is 0 Å². The van der Waals surface area contributed by atoms with Crippen molar-refractivity contribution in [3.63, 3.8) is 0 Å². The normalized spacial score (nSPS) is 11.2. The summed E-state index contributed by atoms with van der Waals surface area (Å²) < 4.78 is 26.5. The second-order valence-electron chi connectivity index (χ2n) is 4.44. The van der Waals surface area contributed by atoms with Crippen LogP contribution < -0.4 is 4.72 Å². The molecule has 0 amide bonds. The fourth-order valence-electron chi connectivity index (χ4n) is 1.85. The van der Waals surface area contributed by atoms with Gasteiger partial charge in [-0.2, -0.15) is 0 Å². The monoisotopic (exact) mass is 325 g/mol. The molecule has 0 saturated heterocycles. The molecular weight excluding hydrogens is 310 g/mol. The van der Waals surface area contributed by atoms with Gasteiger partial charge in [0.2, 0.25) is 10.0 Å². The molecule has 0 aliphatic carbocycles. The lowest BCUT2D eigenvalue weighted by Crippen LogP contribution is -2.17. The summed E-state index contributed by atoms with van der Waals surface area (Å²) in [7, 11) is -3.55. The standard InChI is InChI=1S/C14H15NO4S2/c16-14(17)8-4-10-21(18,19)15-12-6-2-1-5-11(12)13-7-3-9-20-13/h1-3,5-7,9,15H,4,8,10H2,(H,16,17). The number of hydrogen-bond acceptors (Lipinski definition) is 4. The summed E-state index contributed by atoms with van der Waals surface area (Å²) in [6, 6.07) is 11.0. The number of sulfonamides is 1. The van der Waals surface area contributed by atoms with E-state index < -0.39 is 16.0 Å². The molecule has 1 heterocycles. The van der Waals surface area contributed by atoms with E-state index in [1.54, 1.807) is 12.1 Å². The van der Waals surface area contributed by atoms with E-state index in [2.05, 4.69) is 4.72 Å². The number of benzene rings is 1. The van der Waals surface area contributed by atoms with Crippen LogP contribution in [-0.2, 0) is 14.8 Å². The third-order valence-electron chi connectivity index (χ3n) is 2.78. The molecule has 0 radical (unpaired) electrons. The fourth-order valence-corrected chi connectivity index (χ4v) is 3.76. The summed E-state index contributed by atoms with van der Waals surface area (Å²) in [6.07, 6.45) is -0.0701. The first kappa shape index (κ1) is 15.5. The minimum absolute atomic E-state index is 0.0891. The average molecular weight is 325 g/mol. The number of nitrogens with one attached hydrogen (secondary N) is 1. The first-order valence-corrected chi connectivity index (χ1v) is 8.86. The number of thiophene rings is 1. The lowest BCUT2D eigenvalue weighted by atomic mass is 10.1. The lowest BCUT2D eigenvalue weighted by Gasteiger charge is -2.11. The summed E-state index contributed by atoms with van der Waals surface area (Å²) in [5.74, 6) is -1.21. The van der Waals surface area contributed by atoms with E-state index in [4.69, 9.17) is 5.11 Å². The number of hydrogen-bond donors (Lipinski definition) is 2. The lowest BCUT2D eigenvalue weighted by molar-refractivity contribution is -0.137. The van der Waals surface area contributed by atoms with E-state index in [1.807, 2.05) is 29.6 Å². The van der Waals surface area contributed by atoms with Crippen molar-refractivity contribution in [2.24, 2.45) is 0 Å². The Morgan fingerprint density at radius 3 is 2.62 bits per heavy atom. The van der Waals surface area contributed by atoms with Crippen LogP contribution in [0.15, 0.2) is 41.8 Å². The van der Waals surface area contributed by atoms with Crippen LogP contribution in [-0.4, -0.2) is 25.2 Å². The summed E-state index contributed by atoms with van der Waals surface area (Å²) in [6.45, 7) is 0. The molecule has 0 unspecified atom stereocenters. The largest absolute Gasteiger partial charge is 0.481 e. The first-order chi connectivity index (χ1) is 9.98. The molecule has 7 heteroatoms. The second kappa shape index (κ2) is 6.73. The van der Waals surface area contributed by atoms with Crippen LogP contribution in [0, 0.1) is 0 Å². The topological polar surface area (TPSA) is 83.5 Å². The van der Waals surface area contributed by atoms with E-state index in [0.29, 0.717) is 5.69 Å². The second-order valence-corrected chi connectivity index (χ2v) is 7.23. The van der Waals surface area contributed by atoms with Crippen LogP contribution in [0.1, 0.15) is 12.8 Å². The maximum Gasteiger partial charge on any atom is 0.303 e. The van der Waals surface area contributed by atoms with Crippen LogP contribution in [0.4, 0.5) is 5.69 Å². The highest BCUT2D eigenvalue weighted by Gasteiger charge is 2.14. The zero-order chi connectivity index (χ0) is 15.3. The van der Waals surface area contributed by atoms with Crippen LogP contribution in [0.5, 0.6) is 0 Å². The summed E-state index contributed by atoms with van der Waals surface area (Å²) in [5.41, 5.74) is 1.32. The third kappa shape index (κ3) is 4.57. The fraction of sp³-hybridized carbons (Fsp3) is 0.214. The zero-order valence-electron chi connectivity index (χ0n) is 11.2. The number of carbonyl (C=O) groups is 1. The van der Waals surface area contributed by atoms with Gasteiger partial charge in [0.05, 0.1) is 11.4 Å². The highest BCUT2D eigenvalue weighted by atomic mass is 32.2. The maximum absolute atomic E-state index is 12.0. The summed E-state index contributed by atoms with van der Waals surface area (Å²) in [5, 5.41) is 10.5. The molecule has 0 bridgehead atoms. The smallest absolute Gasteiger partial charge is 0.303 e. The SMILES string of the molecule is O=C(O)CCCS(=O)(=O)Nc1ccccc1-c1cccs1. The van der Waals surface area contributed by atoms with Crippen molar-refractivity contribution in [1.29, 1.82) is 0 Å². The van der Waals surface area contributed by atoms with Crippen molar-refractivity contribution in [1.82, 2.24) is 0 Å². The molecule has 2 rings (SSSR count). The molecule has 0 saturated carbocycles. The zero-order valence-corrected chi connectivity index (χ0v) is 12.8. The molecule has 0 atom stereocenters. The van der Waals surface area contributed by atoms with Crippen LogP contribution >= 0.6 is 11.3 Å². The Kier molecular flexibility index (Phi) is 4.98. The van der Waals surface area contributed by atoms with Gasteiger partial charge in [-0.15, -0.1) is 11.3 Å². The molecule has 1 aromatic heterocycles. The number of carboxylic acid groups (broad SMARTS) is 1. The summed E-state index contributed by atoms with van der Waals surface area (Å²) in [4.78, 5) is 11.4. The Morgan fingerprint density at radius 2 is 1.95 bits per heavy atom. The van der Waals surface area contributed by atoms with E-state index in [-0.39, 0.29) is 18.6 Å². The molecule has 2 N–H and O–H groups in total. The summed E-state index contributed by atoms with van der Waals surface area (Å²) >= 11 is 1.53. The van der Waals surface area contributed by atoms with Crippen molar-refractivity contribution in [2.75, 3.05) is 10.5 Å². The molecule has 0 aliphatic heterocycles. The molecular formula is C14H15NO4S2. The molecule has 21 heavy (non-hydrogen) atoms. The van der Waals surface area contributed by atoms with Gasteiger partial charge in [-0.05, 0) is 23.9 Å². The van der Waals surface area contributed by atoms with E-state index in [0.717, 1.165) is 10.4 Å². The minimum Gasteiger partial charge on any atom is -0.481 e. The highest BCUT2D eigenvalue weighted by molar-refractivity contribution is 7.92. The van der Waals surface area contributed by atoms with Gasteiger partial charge >= 0.3 is 5.97 Å². The first-order valence-electron chi connectivity index (χ1n) is 6.33. The van der Waals surface area contributed by atoms with Crippen LogP contribution in [0.2, 0.25) is 0 Å². The Balaban J connectivity index is 2.14. The number of rotatable bonds is 7.